The lowest BCUT2D eigenvalue weighted by atomic mass is 9.68. The molecule has 2 aliphatic rings. The van der Waals surface area contributed by atoms with Crippen LogP contribution in [0.15, 0.2) is 0 Å². The summed E-state index contributed by atoms with van der Waals surface area (Å²) in [7, 11) is 0. The second-order valence-corrected chi connectivity index (χ2v) is 6.30. The topological polar surface area (TPSA) is 12.0 Å². The molecular formula is C13H25N. The maximum absolute atomic E-state index is 3.79. The summed E-state index contributed by atoms with van der Waals surface area (Å²) in [5.41, 5.74) is 1.13. The van der Waals surface area contributed by atoms with E-state index in [4.69, 9.17) is 0 Å². The fourth-order valence-electron chi connectivity index (χ4n) is 4.10. The van der Waals surface area contributed by atoms with Crippen LogP contribution in [0.2, 0.25) is 0 Å². The number of nitrogens with one attached hydrogen (secondary N) is 1. The van der Waals surface area contributed by atoms with Gasteiger partial charge in [0, 0.05) is 6.04 Å². The molecule has 82 valence electrons. The van der Waals surface area contributed by atoms with E-state index in [0.29, 0.717) is 10.8 Å². The van der Waals surface area contributed by atoms with E-state index < -0.39 is 0 Å². The molecule has 1 heteroatoms. The van der Waals surface area contributed by atoms with Gasteiger partial charge >= 0.3 is 0 Å². The van der Waals surface area contributed by atoms with Gasteiger partial charge in [0.05, 0.1) is 0 Å². The highest BCUT2D eigenvalue weighted by Crippen LogP contribution is 2.62. The fraction of sp³-hybridized carbons (Fsp3) is 1.00. The zero-order valence-corrected chi connectivity index (χ0v) is 10.2. The lowest BCUT2D eigenvalue weighted by Crippen LogP contribution is -2.50. The fourth-order valence-corrected chi connectivity index (χ4v) is 4.10. The molecule has 0 aromatic heterocycles. The summed E-state index contributed by atoms with van der Waals surface area (Å²) in [6.07, 6.45) is 5.63. The molecule has 0 saturated heterocycles. The summed E-state index contributed by atoms with van der Waals surface area (Å²) in [6, 6.07) is 0.758. The molecule has 0 radical (unpaired) electrons. The first kappa shape index (κ1) is 10.5. The monoisotopic (exact) mass is 195 g/mol. The van der Waals surface area contributed by atoms with Gasteiger partial charge < -0.3 is 5.32 Å². The van der Waals surface area contributed by atoms with Crippen LogP contribution in [0, 0.1) is 16.7 Å². The van der Waals surface area contributed by atoms with Crippen molar-refractivity contribution in [2.45, 2.75) is 59.4 Å². The van der Waals surface area contributed by atoms with Gasteiger partial charge in [-0.1, -0.05) is 27.7 Å². The molecule has 1 N–H and O–H groups in total. The quantitative estimate of drug-likeness (QED) is 0.729. The number of fused-ring (bicyclic) bond motifs is 2. The Morgan fingerprint density at radius 1 is 1.29 bits per heavy atom. The molecule has 14 heavy (non-hydrogen) atoms. The molecule has 0 aliphatic heterocycles. The predicted octanol–water partition coefficient (Wildman–Crippen LogP) is 3.20. The number of hydrogen-bond acceptors (Lipinski definition) is 1. The molecule has 0 aromatic carbocycles. The van der Waals surface area contributed by atoms with E-state index >= 15 is 0 Å². The maximum atomic E-state index is 3.79. The zero-order valence-electron chi connectivity index (χ0n) is 10.2. The molecule has 0 amide bonds. The van der Waals surface area contributed by atoms with Crippen molar-refractivity contribution in [3.05, 3.63) is 0 Å². The van der Waals surface area contributed by atoms with Gasteiger partial charge in [-0.05, 0) is 49.0 Å². The van der Waals surface area contributed by atoms with Gasteiger partial charge in [0.1, 0.15) is 0 Å². The van der Waals surface area contributed by atoms with E-state index in [1.807, 2.05) is 0 Å². The number of rotatable bonds is 3. The molecular weight excluding hydrogens is 170 g/mol. The van der Waals surface area contributed by atoms with Gasteiger partial charge in [-0.3, -0.25) is 0 Å². The molecule has 1 nitrogen and oxygen atoms in total. The van der Waals surface area contributed by atoms with Crippen molar-refractivity contribution < 1.29 is 0 Å². The molecule has 0 aromatic rings. The molecule has 2 saturated carbocycles. The SMILES string of the molecule is CCCNC1C(C)(C)[C@H]2CC[C@]1(C)C2. The molecule has 0 heterocycles. The molecule has 2 aliphatic carbocycles. The summed E-state index contributed by atoms with van der Waals surface area (Å²) >= 11 is 0. The third kappa shape index (κ3) is 1.32. The van der Waals surface area contributed by atoms with Crippen molar-refractivity contribution in [1.29, 1.82) is 0 Å². The Morgan fingerprint density at radius 2 is 2.00 bits per heavy atom. The predicted molar refractivity (Wildman–Crippen MR) is 61.3 cm³/mol. The average molecular weight is 195 g/mol. The lowest BCUT2D eigenvalue weighted by molar-refractivity contribution is 0.109. The van der Waals surface area contributed by atoms with Crippen molar-refractivity contribution in [1.82, 2.24) is 5.32 Å². The minimum Gasteiger partial charge on any atom is -0.313 e. The Labute approximate surface area is 88.7 Å². The molecule has 0 spiro atoms. The first-order chi connectivity index (χ1) is 6.50. The minimum absolute atomic E-state index is 0.530. The summed E-state index contributed by atoms with van der Waals surface area (Å²) in [6.45, 7) is 10.9. The van der Waals surface area contributed by atoms with E-state index in [-0.39, 0.29) is 0 Å². The standard InChI is InChI=1S/C13H25N/c1-5-8-14-11-12(2,3)10-6-7-13(11,4)9-10/h10-11,14H,5-9H2,1-4H3/t10-,11?,13+/m0/s1. The van der Waals surface area contributed by atoms with Crippen LogP contribution in [-0.2, 0) is 0 Å². The van der Waals surface area contributed by atoms with Crippen molar-refractivity contribution in [3.63, 3.8) is 0 Å². The van der Waals surface area contributed by atoms with Crippen LogP contribution >= 0.6 is 0 Å². The second-order valence-electron chi connectivity index (χ2n) is 6.30. The van der Waals surface area contributed by atoms with Gasteiger partial charge in [-0.2, -0.15) is 0 Å². The van der Waals surface area contributed by atoms with Crippen molar-refractivity contribution in [2.75, 3.05) is 6.54 Å². The lowest BCUT2D eigenvalue weighted by Gasteiger charge is -2.43. The van der Waals surface area contributed by atoms with Gasteiger partial charge in [-0.15, -0.1) is 0 Å². The highest BCUT2D eigenvalue weighted by Gasteiger charge is 2.58. The second kappa shape index (κ2) is 3.23. The normalized spacial score (nSPS) is 44.6. The van der Waals surface area contributed by atoms with Crippen molar-refractivity contribution in [3.8, 4) is 0 Å². The molecule has 2 rings (SSSR count). The summed E-state index contributed by atoms with van der Waals surface area (Å²) in [4.78, 5) is 0. The van der Waals surface area contributed by atoms with Gasteiger partial charge in [0.2, 0.25) is 0 Å². The Balaban J connectivity index is 2.13. The van der Waals surface area contributed by atoms with Crippen molar-refractivity contribution >= 4 is 0 Å². The highest BCUT2D eigenvalue weighted by molar-refractivity contribution is 5.11. The van der Waals surface area contributed by atoms with E-state index in [2.05, 4.69) is 33.0 Å². The first-order valence-corrected chi connectivity index (χ1v) is 6.24. The van der Waals surface area contributed by atoms with Gasteiger partial charge in [-0.25, -0.2) is 0 Å². The Hall–Kier alpha value is -0.0400. The molecule has 1 unspecified atom stereocenters. The largest absolute Gasteiger partial charge is 0.313 e. The summed E-state index contributed by atoms with van der Waals surface area (Å²) < 4.78 is 0. The van der Waals surface area contributed by atoms with Gasteiger partial charge in [0.15, 0.2) is 0 Å². The van der Waals surface area contributed by atoms with Crippen molar-refractivity contribution in [2.24, 2.45) is 16.7 Å². The van der Waals surface area contributed by atoms with E-state index in [9.17, 15) is 0 Å². The van der Waals surface area contributed by atoms with Gasteiger partial charge in [0.25, 0.3) is 0 Å². The summed E-state index contributed by atoms with van der Waals surface area (Å²) in [5, 5.41) is 3.79. The number of hydrogen-bond donors (Lipinski definition) is 1. The zero-order chi connectivity index (χ0) is 10.4. The van der Waals surface area contributed by atoms with Crippen LogP contribution in [0.1, 0.15) is 53.4 Å². The minimum atomic E-state index is 0.530. The Bertz CT molecular complexity index is 217. The highest BCUT2D eigenvalue weighted by atomic mass is 15.0. The smallest absolute Gasteiger partial charge is 0.0175 e. The van der Waals surface area contributed by atoms with E-state index in [1.165, 1.54) is 32.2 Å². The first-order valence-electron chi connectivity index (χ1n) is 6.24. The van der Waals surface area contributed by atoms with Crippen LogP contribution in [0.4, 0.5) is 0 Å². The third-order valence-corrected chi connectivity index (χ3v) is 4.87. The molecule has 2 fully saturated rings. The van der Waals surface area contributed by atoms with Crippen LogP contribution in [0.5, 0.6) is 0 Å². The average Bonchev–Trinajstić information content (AvgIpc) is 2.55. The molecule has 3 atom stereocenters. The third-order valence-electron chi connectivity index (χ3n) is 4.87. The van der Waals surface area contributed by atoms with Crippen LogP contribution < -0.4 is 5.32 Å². The summed E-state index contributed by atoms with van der Waals surface area (Å²) in [5.74, 6) is 0.974. The maximum Gasteiger partial charge on any atom is 0.0175 e. The Kier molecular flexibility index (Phi) is 2.42. The molecule has 2 bridgehead atoms. The Morgan fingerprint density at radius 3 is 2.50 bits per heavy atom. The van der Waals surface area contributed by atoms with Crippen LogP contribution in [0.25, 0.3) is 0 Å². The van der Waals surface area contributed by atoms with Crippen LogP contribution in [-0.4, -0.2) is 12.6 Å². The van der Waals surface area contributed by atoms with E-state index in [0.717, 1.165) is 12.0 Å². The van der Waals surface area contributed by atoms with Crippen LogP contribution in [0.3, 0.4) is 0 Å². The van der Waals surface area contributed by atoms with E-state index in [1.54, 1.807) is 0 Å².